The van der Waals surface area contributed by atoms with E-state index >= 15 is 0 Å². The van der Waals surface area contributed by atoms with Crippen LogP contribution in [0.15, 0.2) is 24.3 Å². The molecule has 2 heteroatoms. The summed E-state index contributed by atoms with van der Waals surface area (Å²) in [5, 5.41) is 3.67. The monoisotopic (exact) mass is 245 g/mol. The van der Waals surface area contributed by atoms with E-state index in [2.05, 4.69) is 36.5 Å². The summed E-state index contributed by atoms with van der Waals surface area (Å²) in [5.41, 5.74) is 3.08. The van der Waals surface area contributed by atoms with Gasteiger partial charge in [0.1, 0.15) is 0 Å². The maximum Gasteiger partial charge on any atom is 0.0586 e. The summed E-state index contributed by atoms with van der Waals surface area (Å²) in [6.07, 6.45) is 5.27. The zero-order chi connectivity index (χ0) is 12.4. The molecule has 2 fully saturated rings. The van der Waals surface area contributed by atoms with E-state index in [4.69, 9.17) is 4.74 Å². The Balaban J connectivity index is 1.74. The van der Waals surface area contributed by atoms with E-state index in [0.29, 0.717) is 6.04 Å². The van der Waals surface area contributed by atoms with E-state index in [0.717, 1.165) is 13.2 Å². The van der Waals surface area contributed by atoms with Crippen molar-refractivity contribution in [3.05, 3.63) is 35.4 Å². The first-order chi connectivity index (χ1) is 8.78. The Morgan fingerprint density at radius 2 is 2.00 bits per heavy atom. The third kappa shape index (κ3) is 2.32. The average Bonchev–Trinajstić information content (AvgIpc) is 2.36. The number of hydrogen-bond donors (Lipinski definition) is 1. The number of ether oxygens (including phenoxy) is 1. The Labute approximate surface area is 110 Å². The highest BCUT2D eigenvalue weighted by Gasteiger charge is 2.42. The van der Waals surface area contributed by atoms with Gasteiger partial charge >= 0.3 is 0 Å². The van der Waals surface area contributed by atoms with Crippen LogP contribution >= 0.6 is 0 Å². The molecule has 1 aromatic carbocycles. The maximum absolute atomic E-state index is 5.54. The van der Waals surface area contributed by atoms with Crippen molar-refractivity contribution >= 4 is 0 Å². The van der Waals surface area contributed by atoms with Crippen LogP contribution in [-0.2, 0) is 10.2 Å². The largest absolute Gasteiger partial charge is 0.379 e. The van der Waals surface area contributed by atoms with Crippen LogP contribution in [0.4, 0.5) is 0 Å². The molecule has 0 saturated carbocycles. The van der Waals surface area contributed by atoms with Crippen LogP contribution in [-0.4, -0.2) is 25.8 Å². The minimum absolute atomic E-state index is 0.280. The molecule has 0 radical (unpaired) electrons. The van der Waals surface area contributed by atoms with E-state index in [1.54, 1.807) is 0 Å². The topological polar surface area (TPSA) is 21.3 Å². The van der Waals surface area contributed by atoms with Gasteiger partial charge in [-0.3, -0.25) is 0 Å². The molecule has 0 amide bonds. The second-order valence-electron chi connectivity index (χ2n) is 5.99. The summed E-state index contributed by atoms with van der Waals surface area (Å²) >= 11 is 0. The van der Waals surface area contributed by atoms with Crippen LogP contribution in [0.3, 0.4) is 0 Å². The molecule has 2 aliphatic rings. The fraction of sp³-hybridized carbons (Fsp3) is 0.625. The first kappa shape index (κ1) is 12.2. The lowest BCUT2D eigenvalue weighted by atomic mass is 9.72. The first-order valence-electron chi connectivity index (χ1n) is 7.17. The van der Waals surface area contributed by atoms with Crippen molar-refractivity contribution in [1.29, 1.82) is 0 Å². The Kier molecular flexibility index (Phi) is 3.40. The number of benzene rings is 1. The summed E-state index contributed by atoms with van der Waals surface area (Å²) in [7, 11) is 0. The van der Waals surface area contributed by atoms with Crippen LogP contribution in [0.5, 0.6) is 0 Å². The van der Waals surface area contributed by atoms with Crippen molar-refractivity contribution in [3.8, 4) is 0 Å². The second kappa shape index (κ2) is 5.02. The highest BCUT2D eigenvalue weighted by molar-refractivity contribution is 5.31. The van der Waals surface area contributed by atoms with E-state index in [1.807, 2.05) is 0 Å². The molecule has 1 aromatic rings. The summed E-state index contributed by atoms with van der Waals surface area (Å²) in [6, 6.07) is 9.72. The van der Waals surface area contributed by atoms with Crippen LogP contribution < -0.4 is 5.32 Å². The summed E-state index contributed by atoms with van der Waals surface area (Å²) in [4.78, 5) is 0. The molecular formula is C16H23NO. The number of piperidine rings is 1. The summed E-state index contributed by atoms with van der Waals surface area (Å²) < 4.78 is 5.54. The highest BCUT2D eigenvalue weighted by atomic mass is 16.5. The van der Waals surface area contributed by atoms with E-state index in [9.17, 15) is 0 Å². The minimum Gasteiger partial charge on any atom is -0.379 e. The van der Waals surface area contributed by atoms with Crippen LogP contribution in [0, 0.1) is 6.92 Å². The van der Waals surface area contributed by atoms with Crippen molar-refractivity contribution < 1.29 is 4.74 Å². The number of hydrogen-bond acceptors (Lipinski definition) is 2. The lowest BCUT2D eigenvalue weighted by Crippen LogP contribution is -2.51. The molecule has 2 saturated heterocycles. The predicted octanol–water partition coefficient (Wildman–Crippen LogP) is 2.80. The molecule has 1 atom stereocenters. The second-order valence-corrected chi connectivity index (χ2v) is 5.99. The average molecular weight is 245 g/mol. The first-order valence-corrected chi connectivity index (χ1v) is 7.17. The quantitative estimate of drug-likeness (QED) is 0.884. The summed E-state index contributed by atoms with van der Waals surface area (Å²) in [6.45, 7) is 5.13. The van der Waals surface area contributed by atoms with Crippen molar-refractivity contribution in [2.75, 3.05) is 19.8 Å². The molecule has 1 N–H and O–H groups in total. The zero-order valence-electron chi connectivity index (χ0n) is 11.2. The molecule has 18 heavy (non-hydrogen) atoms. The predicted molar refractivity (Wildman–Crippen MR) is 73.9 cm³/mol. The van der Waals surface area contributed by atoms with E-state index in [1.165, 1.54) is 43.4 Å². The van der Waals surface area contributed by atoms with E-state index in [-0.39, 0.29) is 5.41 Å². The van der Waals surface area contributed by atoms with Gasteiger partial charge in [-0.25, -0.2) is 0 Å². The van der Waals surface area contributed by atoms with Gasteiger partial charge in [-0.1, -0.05) is 36.2 Å². The molecule has 3 rings (SSSR count). The fourth-order valence-electron chi connectivity index (χ4n) is 3.23. The molecule has 0 aliphatic carbocycles. The standard InChI is InChI=1S/C16H23NO/c1-13-5-7-14(8-6-13)16(11-18-12-16)10-15-4-2-3-9-17-15/h5-8,15,17H,2-4,9-12H2,1H3. The van der Waals surface area contributed by atoms with Crippen LogP contribution in [0.25, 0.3) is 0 Å². The van der Waals surface area contributed by atoms with Crippen molar-refractivity contribution in [3.63, 3.8) is 0 Å². The van der Waals surface area contributed by atoms with Gasteiger partial charge in [0.2, 0.25) is 0 Å². The van der Waals surface area contributed by atoms with Gasteiger partial charge in [0.15, 0.2) is 0 Å². The lowest BCUT2D eigenvalue weighted by molar-refractivity contribution is -0.0696. The molecule has 2 nitrogen and oxygen atoms in total. The van der Waals surface area contributed by atoms with Gasteiger partial charge in [0.25, 0.3) is 0 Å². The molecule has 0 spiro atoms. The lowest BCUT2D eigenvalue weighted by Gasteiger charge is -2.45. The summed E-state index contributed by atoms with van der Waals surface area (Å²) in [5.74, 6) is 0. The van der Waals surface area contributed by atoms with Gasteiger partial charge in [0.05, 0.1) is 13.2 Å². The van der Waals surface area contributed by atoms with Gasteiger partial charge in [-0.2, -0.15) is 0 Å². The van der Waals surface area contributed by atoms with Gasteiger partial charge < -0.3 is 10.1 Å². The van der Waals surface area contributed by atoms with Gasteiger partial charge in [-0.05, 0) is 38.3 Å². The van der Waals surface area contributed by atoms with Gasteiger partial charge in [-0.15, -0.1) is 0 Å². The smallest absolute Gasteiger partial charge is 0.0586 e. The maximum atomic E-state index is 5.54. The number of nitrogens with one attached hydrogen (secondary N) is 1. The van der Waals surface area contributed by atoms with Gasteiger partial charge in [0, 0.05) is 11.5 Å². The minimum atomic E-state index is 0.280. The zero-order valence-corrected chi connectivity index (χ0v) is 11.2. The third-order valence-electron chi connectivity index (χ3n) is 4.47. The molecule has 2 aliphatic heterocycles. The Hall–Kier alpha value is -0.860. The number of rotatable bonds is 3. The van der Waals surface area contributed by atoms with Crippen molar-refractivity contribution in [2.45, 2.75) is 44.1 Å². The molecule has 0 bridgehead atoms. The van der Waals surface area contributed by atoms with Crippen molar-refractivity contribution in [2.24, 2.45) is 0 Å². The normalized spacial score (nSPS) is 26.6. The van der Waals surface area contributed by atoms with E-state index < -0.39 is 0 Å². The molecular weight excluding hydrogens is 222 g/mol. The van der Waals surface area contributed by atoms with Crippen LogP contribution in [0.2, 0.25) is 0 Å². The SMILES string of the molecule is Cc1ccc(C2(CC3CCCCN3)COC2)cc1. The molecule has 2 heterocycles. The molecule has 0 aromatic heterocycles. The van der Waals surface area contributed by atoms with Crippen molar-refractivity contribution in [1.82, 2.24) is 5.32 Å². The Morgan fingerprint density at radius 1 is 1.22 bits per heavy atom. The molecule has 98 valence electrons. The third-order valence-corrected chi connectivity index (χ3v) is 4.47. The number of aryl methyl sites for hydroxylation is 1. The fourth-order valence-corrected chi connectivity index (χ4v) is 3.23. The Bertz CT molecular complexity index is 388. The Morgan fingerprint density at radius 3 is 2.56 bits per heavy atom. The highest BCUT2D eigenvalue weighted by Crippen LogP contribution is 2.38. The molecule has 1 unspecified atom stereocenters. The van der Waals surface area contributed by atoms with Crippen LogP contribution in [0.1, 0.15) is 36.8 Å².